The minimum absolute atomic E-state index is 0.0756. The van der Waals surface area contributed by atoms with Crippen LogP contribution in [-0.4, -0.2) is 22.2 Å². The van der Waals surface area contributed by atoms with Crippen LogP contribution in [0.4, 0.5) is 0 Å². The highest BCUT2D eigenvalue weighted by Gasteiger charge is 2.08. The van der Waals surface area contributed by atoms with Crippen LogP contribution in [0.25, 0.3) is 11.3 Å². The molecule has 0 saturated carbocycles. The number of carbonyl (C=O) groups excluding carboxylic acids is 1. The van der Waals surface area contributed by atoms with E-state index in [9.17, 15) is 4.79 Å². The topological polar surface area (TPSA) is 46.9 Å². The molecule has 3 rings (SSSR count). The van der Waals surface area contributed by atoms with E-state index in [-0.39, 0.29) is 5.91 Å². The molecule has 0 unspecified atom stereocenters. The average Bonchev–Trinajstić information content (AvgIpc) is 3.16. The highest BCUT2D eigenvalue weighted by Crippen LogP contribution is 2.21. The van der Waals surface area contributed by atoms with Crippen LogP contribution in [0.15, 0.2) is 48.7 Å². The molecule has 2 aromatic heterocycles. The van der Waals surface area contributed by atoms with Crippen molar-refractivity contribution in [1.82, 2.24) is 15.1 Å². The molecule has 0 aliphatic heterocycles. The van der Waals surface area contributed by atoms with E-state index in [0.29, 0.717) is 15.8 Å². The van der Waals surface area contributed by atoms with E-state index in [1.807, 2.05) is 17.8 Å². The zero-order valence-corrected chi connectivity index (χ0v) is 14.2. The van der Waals surface area contributed by atoms with Crippen LogP contribution in [0.2, 0.25) is 4.34 Å². The second kappa shape index (κ2) is 6.98. The average molecular weight is 346 g/mol. The molecular weight excluding hydrogens is 330 g/mol. The number of nitrogens with one attached hydrogen (secondary N) is 1. The second-order valence-corrected chi connectivity index (χ2v) is 6.86. The van der Waals surface area contributed by atoms with Crippen molar-refractivity contribution in [3.05, 3.63) is 63.4 Å². The quantitative estimate of drug-likeness (QED) is 0.765. The van der Waals surface area contributed by atoms with Crippen molar-refractivity contribution in [2.24, 2.45) is 7.05 Å². The van der Waals surface area contributed by atoms with Gasteiger partial charge in [-0.15, -0.1) is 11.3 Å². The molecule has 1 aromatic carbocycles. The number of aromatic nitrogens is 2. The second-order valence-electron chi connectivity index (χ2n) is 5.15. The van der Waals surface area contributed by atoms with E-state index in [4.69, 9.17) is 11.6 Å². The van der Waals surface area contributed by atoms with Crippen LogP contribution in [0.5, 0.6) is 0 Å². The molecule has 0 spiro atoms. The number of halogens is 1. The van der Waals surface area contributed by atoms with E-state index < -0.39 is 0 Å². The van der Waals surface area contributed by atoms with Crippen molar-refractivity contribution in [3.63, 3.8) is 0 Å². The molecule has 118 valence electrons. The first-order valence-corrected chi connectivity index (χ1v) is 8.44. The predicted octanol–water partition coefficient (Wildman–Crippen LogP) is 3.77. The lowest BCUT2D eigenvalue weighted by Crippen LogP contribution is -2.24. The maximum atomic E-state index is 11.9. The minimum atomic E-state index is -0.0756. The van der Waals surface area contributed by atoms with Gasteiger partial charge in [-0.2, -0.15) is 5.10 Å². The Morgan fingerprint density at radius 3 is 2.61 bits per heavy atom. The normalized spacial score (nSPS) is 10.7. The fraction of sp³-hybridized carbons (Fsp3) is 0.176. The molecule has 0 saturated heterocycles. The number of rotatable bonds is 5. The van der Waals surface area contributed by atoms with Crippen molar-refractivity contribution in [2.75, 3.05) is 6.54 Å². The van der Waals surface area contributed by atoms with Crippen LogP contribution >= 0.6 is 22.9 Å². The summed E-state index contributed by atoms with van der Waals surface area (Å²) in [6.07, 6.45) is 2.58. The molecular formula is C17H16ClN3OS. The van der Waals surface area contributed by atoms with Gasteiger partial charge in [0, 0.05) is 19.8 Å². The molecule has 4 nitrogen and oxygen atoms in total. The van der Waals surface area contributed by atoms with E-state index in [2.05, 4.69) is 34.7 Å². The molecule has 0 aliphatic carbocycles. The van der Waals surface area contributed by atoms with Gasteiger partial charge in [0.15, 0.2) is 0 Å². The maximum absolute atomic E-state index is 11.9. The Balaban J connectivity index is 1.55. The third-order valence-corrected chi connectivity index (χ3v) is 4.80. The summed E-state index contributed by atoms with van der Waals surface area (Å²) in [7, 11) is 1.93. The van der Waals surface area contributed by atoms with Gasteiger partial charge in [-0.3, -0.25) is 9.48 Å². The van der Waals surface area contributed by atoms with Crippen molar-refractivity contribution in [1.29, 1.82) is 0 Å². The van der Waals surface area contributed by atoms with Gasteiger partial charge >= 0.3 is 0 Å². The van der Waals surface area contributed by atoms with Gasteiger partial charge in [-0.1, -0.05) is 35.9 Å². The van der Waals surface area contributed by atoms with Gasteiger partial charge in [-0.05, 0) is 35.7 Å². The lowest BCUT2D eigenvalue weighted by Gasteiger charge is -2.06. The Hall–Kier alpha value is -2.11. The third kappa shape index (κ3) is 3.81. The molecule has 6 heteroatoms. The number of hydrogen-bond donors (Lipinski definition) is 1. The van der Waals surface area contributed by atoms with Crippen molar-refractivity contribution in [3.8, 4) is 11.3 Å². The molecule has 0 fully saturated rings. The predicted molar refractivity (Wildman–Crippen MR) is 94.0 cm³/mol. The van der Waals surface area contributed by atoms with Gasteiger partial charge in [0.2, 0.25) is 0 Å². The molecule has 1 amide bonds. The summed E-state index contributed by atoms with van der Waals surface area (Å²) in [4.78, 5) is 12.6. The van der Waals surface area contributed by atoms with Crippen LogP contribution in [0, 0.1) is 0 Å². The summed E-state index contributed by atoms with van der Waals surface area (Å²) in [6, 6.07) is 13.8. The molecule has 0 atom stereocenters. The number of carbonyl (C=O) groups is 1. The largest absolute Gasteiger partial charge is 0.351 e. The van der Waals surface area contributed by atoms with Gasteiger partial charge in [0.05, 0.1) is 14.9 Å². The first-order chi connectivity index (χ1) is 11.1. The fourth-order valence-electron chi connectivity index (χ4n) is 2.34. The molecule has 0 radical (unpaired) electrons. The number of nitrogens with zero attached hydrogens (tertiary/aromatic N) is 2. The Kier molecular flexibility index (Phi) is 4.79. The monoisotopic (exact) mass is 345 g/mol. The van der Waals surface area contributed by atoms with Gasteiger partial charge in [-0.25, -0.2) is 0 Å². The van der Waals surface area contributed by atoms with Gasteiger partial charge < -0.3 is 5.32 Å². The summed E-state index contributed by atoms with van der Waals surface area (Å²) in [6.45, 7) is 0.597. The highest BCUT2D eigenvalue weighted by atomic mass is 35.5. The maximum Gasteiger partial charge on any atom is 0.261 e. The third-order valence-electron chi connectivity index (χ3n) is 3.57. The van der Waals surface area contributed by atoms with E-state index in [1.54, 1.807) is 18.3 Å². The van der Waals surface area contributed by atoms with Crippen LogP contribution < -0.4 is 5.32 Å². The van der Waals surface area contributed by atoms with Crippen LogP contribution in [-0.2, 0) is 13.5 Å². The minimum Gasteiger partial charge on any atom is -0.351 e. The molecule has 0 bridgehead atoms. The van der Waals surface area contributed by atoms with Gasteiger partial charge in [0.25, 0.3) is 5.91 Å². The zero-order chi connectivity index (χ0) is 16.2. The highest BCUT2D eigenvalue weighted by molar-refractivity contribution is 7.17. The SMILES string of the molecule is Cn1nccc1-c1ccc(CCNC(=O)c2ccc(Cl)s2)cc1. The molecule has 1 N–H and O–H groups in total. The lowest BCUT2D eigenvalue weighted by atomic mass is 10.1. The Bertz CT molecular complexity index is 807. The zero-order valence-electron chi connectivity index (χ0n) is 12.6. The molecule has 23 heavy (non-hydrogen) atoms. The summed E-state index contributed by atoms with van der Waals surface area (Å²) in [5.41, 5.74) is 3.39. The van der Waals surface area contributed by atoms with E-state index in [0.717, 1.165) is 17.7 Å². The van der Waals surface area contributed by atoms with Crippen molar-refractivity contribution < 1.29 is 4.79 Å². The first kappa shape index (κ1) is 15.8. The van der Waals surface area contributed by atoms with Crippen molar-refractivity contribution in [2.45, 2.75) is 6.42 Å². The van der Waals surface area contributed by atoms with E-state index >= 15 is 0 Å². The Labute approximate surface area is 143 Å². The smallest absolute Gasteiger partial charge is 0.261 e. The number of amides is 1. The Morgan fingerprint density at radius 1 is 1.22 bits per heavy atom. The summed E-state index contributed by atoms with van der Waals surface area (Å²) in [5.74, 6) is -0.0756. The van der Waals surface area contributed by atoms with Crippen LogP contribution in [0.1, 0.15) is 15.2 Å². The fourth-order valence-corrected chi connectivity index (χ4v) is 3.30. The van der Waals surface area contributed by atoms with Gasteiger partial charge in [0.1, 0.15) is 0 Å². The number of aryl methyl sites for hydroxylation is 1. The summed E-state index contributed by atoms with van der Waals surface area (Å²) >= 11 is 7.12. The summed E-state index contributed by atoms with van der Waals surface area (Å²) < 4.78 is 2.47. The molecule has 3 aromatic rings. The standard InChI is InChI=1S/C17H16ClN3OS/c1-21-14(9-11-20-21)13-4-2-12(3-5-13)8-10-19-17(22)15-6-7-16(18)23-15/h2-7,9,11H,8,10H2,1H3,(H,19,22). The molecule has 2 heterocycles. The van der Waals surface area contributed by atoms with Crippen molar-refractivity contribution >= 4 is 28.8 Å². The summed E-state index contributed by atoms with van der Waals surface area (Å²) in [5, 5.41) is 7.09. The Morgan fingerprint density at radius 2 is 2.00 bits per heavy atom. The number of hydrogen-bond acceptors (Lipinski definition) is 3. The first-order valence-electron chi connectivity index (χ1n) is 7.24. The number of benzene rings is 1. The van der Waals surface area contributed by atoms with Crippen LogP contribution in [0.3, 0.4) is 0 Å². The number of thiophene rings is 1. The van der Waals surface area contributed by atoms with E-state index in [1.165, 1.54) is 16.9 Å². The lowest BCUT2D eigenvalue weighted by molar-refractivity contribution is 0.0958. The molecule has 0 aliphatic rings.